The van der Waals surface area contributed by atoms with Crippen molar-refractivity contribution in [3.8, 4) is 11.4 Å². The summed E-state index contributed by atoms with van der Waals surface area (Å²) in [5, 5.41) is 6.23. The van der Waals surface area contributed by atoms with Crippen LogP contribution in [0.2, 0.25) is 0 Å². The van der Waals surface area contributed by atoms with Gasteiger partial charge in [0.15, 0.2) is 5.82 Å². The SMILES string of the molecule is COCC1(C(=O)Nc2cnc(-c3ccccc3)nc2)CCNCC1.Cl. The van der Waals surface area contributed by atoms with Crippen LogP contribution >= 0.6 is 12.4 Å². The topological polar surface area (TPSA) is 76.1 Å². The van der Waals surface area contributed by atoms with Crippen molar-refractivity contribution in [2.75, 3.05) is 32.1 Å². The highest BCUT2D eigenvalue weighted by Crippen LogP contribution is 2.30. The van der Waals surface area contributed by atoms with Gasteiger partial charge in [-0.3, -0.25) is 4.79 Å². The molecule has 7 heteroatoms. The Balaban J connectivity index is 0.00000225. The lowest BCUT2D eigenvalue weighted by molar-refractivity contribution is -0.130. The van der Waals surface area contributed by atoms with E-state index in [-0.39, 0.29) is 18.3 Å². The Kier molecular flexibility index (Phi) is 6.87. The largest absolute Gasteiger partial charge is 0.384 e. The first-order valence-electron chi connectivity index (χ1n) is 8.12. The number of carbonyl (C=O) groups excluding carboxylic acids is 1. The zero-order chi connectivity index (χ0) is 16.8. The minimum atomic E-state index is -0.488. The van der Waals surface area contributed by atoms with E-state index in [2.05, 4.69) is 20.6 Å². The molecule has 0 radical (unpaired) electrons. The van der Waals surface area contributed by atoms with Gasteiger partial charge in [-0.15, -0.1) is 12.4 Å². The summed E-state index contributed by atoms with van der Waals surface area (Å²) < 4.78 is 5.30. The lowest BCUT2D eigenvalue weighted by Crippen LogP contribution is -2.47. The minimum absolute atomic E-state index is 0. The fourth-order valence-corrected chi connectivity index (χ4v) is 3.01. The van der Waals surface area contributed by atoms with E-state index in [9.17, 15) is 4.79 Å². The fourth-order valence-electron chi connectivity index (χ4n) is 3.01. The lowest BCUT2D eigenvalue weighted by Gasteiger charge is -2.35. The second kappa shape index (κ2) is 8.89. The molecule has 1 saturated heterocycles. The van der Waals surface area contributed by atoms with Gasteiger partial charge in [-0.25, -0.2) is 9.97 Å². The number of halogens is 1. The molecule has 1 aromatic carbocycles. The molecule has 0 saturated carbocycles. The van der Waals surface area contributed by atoms with Gasteiger partial charge in [0.2, 0.25) is 5.91 Å². The fraction of sp³-hybridized carbons (Fsp3) is 0.389. The van der Waals surface area contributed by atoms with Crippen molar-refractivity contribution in [1.29, 1.82) is 0 Å². The second-order valence-electron chi connectivity index (χ2n) is 6.08. The maximum absolute atomic E-state index is 12.8. The Bertz CT molecular complexity index is 668. The van der Waals surface area contributed by atoms with Gasteiger partial charge < -0.3 is 15.4 Å². The van der Waals surface area contributed by atoms with E-state index in [1.807, 2.05) is 30.3 Å². The van der Waals surface area contributed by atoms with Crippen molar-refractivity contribution in [1.82, 2.24) is 15.3 Å². The van der Waals surface area contributed by atoms with E-state index in [0.29, 0.717) is 18.1 Å². The van der Waals surface area contributed by atoms with Gasteiger partial charge in [0.1, 0.15) is 0 Å². The van der Waals surface area contributed by atoms with E-state index in [1.54, 1.807) is 19.5 Å². The number of rotatable bonds is 5. The number of benzene rings is 1. The zero-order valence-electron chi connectivity index (χ0n) is 14.2. The number of hydrogen-bond acceptors (Lipinski definition) is 5. The molecule has 1 amide bonds. The van der Waals surface area contributed by atoms with E-state index >= 15 is 0 Å². The molecule has 1 aliphatic rings. The van der Waals surface area contributed by atoms with Crippen LogP contribution in [0.15, 0.2) is 42.7 Å². The number of amides is 1. The van der Waals surface area contributed by atoms with Gasteiger partial charge in [-0.05, 0) is 25.9 Å². The van der Waals surface area contributed by atoms with Crippen LogP contribution in [-0.4, -0.2) is 42.7 Å². The van der Waals surface area contributed by atoms with Gasteiger partial charge in [-0.1, -0.05) is 30.3 Å². The molecular formula is C18H23ClN4O2. The molecule has 0 atom stereocenters. The van der Waals surface area contributed by atoms with Crippen LogP contribution in [0, 0.1) is 5.41 Å². The quantitative estimate of drug-likeness (QED) is 0.854. The summed E-state index contributed by atoms with van der Waals surface area (Å²) in [7, 11) is 1.63. The maximum Gasteiger partial charge on any atom is 0.233 e. The number of methoxy groups -OCH3 is 1. The molecule has 25 heavy (non-hydrogen) atoms. The molecule has 6 nitrogen and oxygen atoms in total. The van der Waals surface area contributed by atoms with E-state index in [0.717, 1.165) is 31.5 Å². The normalized spacial score (nSPS) is 15.9. The number of ether oxygens (including phenoxy) is 1. The molecule has 2 aromatic rings. The summed E-state index contributed by atoms with van der Waals surface area (Å²) in [4.78, 5) is 21.5. The average Bonchev–Trinajstić information content (AvgIpc) is 2.64. The highest BCUT2D eigenvalue weighted by molar-refractivity contribution is 5.95. The van der Waals surface area contributed by atoms with Crippen molar-refractivity contribution in [2.24, 2.45) is 5.41 Å². The Hall–Kier alpha value is -2.02. The highest BCUT2D eigenvalue weighted by atomic mass is 35.5. The number of hydrogen-bond donors (Lipinski definition) is 2. The third kappa shape index (κ3) is 4.54. The number of aromatic nitrogens is 2. The number of anilines is 1. The molecular weight excluding hydrogens is 340 g/mol. The average molecular weight is 363 g/mol. The van der Waals surface area contributed by atoms with E-state index in [1.165, 1.54) is 0 Å². The summed E-state index contributed by atoms with van der Waals surface area (Å²) >= 11 is 0. The standard InChI is InChI=1S/C18H22N4O2.ClH/c1-24-13-18(7-9-19-10-8-18)17(23)22-15-11-20-16(21-12-15)14-5-3-2-4-6-14;/h2-6,11-12,19H,7-10,13H2,1H3,(H,22,23);1H. The molecule has 1 aliphatic heterocycles. The summed E-state index contributed by atoms with van der Waals surface area (Å²) in [5.74, 6) is 0.615. The smallest absolute Gasteiger partial charge is 0.233 e. The third-order valence-electron chi connectivity index (χ3n) is 4.40. The number of nitrogens with zero attached hydrogens (tertiary/aromatic N) is 2. The Labute approximate surface area is 153 Å². The van der Waals surface area contributed by atoms with Gasteiger partial charge in [0.05, 0.1) is 30.1 Å². The maximum atomic E-state index is 12.8. The van der Waals surface area contributed by atoms with Crippen molar-refractivity contribution in [3.05, 3.63) is 42.7 Å². The predicted molar refractivity (Wildman–Crippen MR) is 99.8 cm³/mol. The first-order chi connectivity index (χ1) is 11.7. The van der Waals surface area contributed by atoms with Crippen molar-refractivity contribution in [3.63, 3.8) is 0 Å². The lowest BCUT2D eigenvalue weighted by atomic mass is 9.78. The molecule has 0 aliphatic carbocycles. The number of carbonyl (C=O) groups is 1. The van der Waals surface area contributed by atoms with Crippen LogP contribution in [0.4, 0.5) is 5.69 Å². The Morgan fingerprint density at radius 2 is 1.84 bits per heavy atom. The summed E-state index contributed by atoms with van der Waals surface area (Å²) in [6, 6.07) is 9.75. The van der Waals surface area contributed by atoms with Gasteiger partial charge in [-0.2, -0.15) is 0 Å². The van der Waals surface area contributed by atoms with E-state index in [4.69, 9.17) is 4.74 Å². The third-order valence-corrected chi connectivity index (χ3v) is 4.40. The first-order valence-corrected chi connectivity index (χ1v) is 8.12. The molecule has 0 bridgehead atoms. The van der Waals surface area contributed by atoms with E-state index < -0.39 is 5.41 Å². The molecule has 0 spiro atoms. The molecule has 1 fully saturated rings. The summed E-state index contributed by atoms with van der Waals surface area (Å²) in [6.07, 6.45) is 4.81. The minimum Gasteiger partial charge on any atom is -0.384 e. The summed E-state index contributed by atoms with van der Waals surface area (Å²) in [5.41, 5.74) is 1.07. The number of nitrogens with one attached hydrogen (secondary N) is 2. The van der Waals surface area contributed by atoms with Gasteiger partial charge >= 0.3 is 0 Å². The Morgan fingerprint density at radius 3 is 2.44 bits per heavy atom. The molecule has 0 unspecified atom stereocenters. The van der Waals surface area contributed by atoms with Crippen molar-refractivity contribution < 1.29 is 9.53 Å². The van der Waals surface area contributed by atoms with Crippen LogP contribution in [0.3, 0.4) is 0 Å². The predicted octanol–water partition coefficient (Wildman–Crippen LogP) is 2.52. The van der Waals surface area contributed by atoms with Gasteiger partial charge in [0.25, 0.3) is 0 Å². The van der Waals surface area contributed by atoms with Crippen LogP contribution in [-0.2, 0) is 9.53 Å². The number of piperidine rings is 1. The zero-order valence-corrected chi connectivity index (χ0v) is 15.0. The van der Waals surface area contributed by atoms with Crippen LogP contribution in [0.25, 0.3) is 11.4 Å². The monoisotopic (exact) mass is 362 g/mol. The van der Waals surface area contributed by atoms with Crippen LogP contribution in [0.5, 0.6) is 0 Å². The van der Waals surface area contributed by atoms with Crippen LogP contribution < -0.4 is 10.6 Å². The second-order valence-corrected chi connectivity index (χ2v) is 6.08. The van der Waals surface area contributed by atoms with Crippen molar-refractivity contribution >= 4 is 24.0 Å². The van der Waals surface area contributed by atoms with Crippen LogP contribution in [0.1, 0.15) is 12.8 Å². The molecule has 3 rings (SSSR count). The Morgan fingerprint density at radius 1 is 1.20 bits per heavy atom. The summed E-state index contributed by atoms with van der Waals surface area (Å²) in [6.45, 7) is 2.06. The molecule has 134 valence electrons. The molecule has 1 aromatic heterocycles. The van der Waals surface area contributed by atoms with Gasteiger partial charge in [0, 0.05) is 12.7 Å². The van der Waals surface area contributed by atoms with Crippen molar-refractivity contribution in [2.45, 2.75) is 12.8 Å². The molecule has 2 heterocycles. The highest BCUT2D eigenvalue weighted by Gasteiger charge is 2.39. The first kappa shape index (κ1) is 19.3. The molecule has 2 N–H and O–H groups in total.